The van der Waals surface area contributed by atoms with Crippen molar-refractivity contribution in [1.29, 1.82) is 0 Å². The summed E-state index contributed by atoms with van der Waals surface area (Å²) >= 11 is 0. The second kappa shape index (κ2) is 7.70. The average Bonchev–Trinajstić information content (AvgIpc) is 2.89. The number of halogens is 1. The number of rotatable bonds is 7. The van der Waals surface area contributed by atoms with Crippen LogP contribution in [0.5, 0.6) is 0 Å². The van der Waals surface area contributed by atoms with E-state index in [1.165, 1.54) is 12.1 Å². The van der Waals surface area contributed by atoms with Crippen molar-refractivity contribution in [3.8, 4) is 11.3 Å². The van der Waals surface area contributed by atoms with Gasteiger partial charge in [0.1, 0.15) is 22.8 Å². The summed E-state index contributed by atoms with van der Waals surface area (Å²) in [6.45, 7) is 5.37. The number of aromatic nitrogens is 1. The lowest BCUT2D eigenvalue weighted by Crippen LogP contribution is -2.26. The third-order valence-electron chi connectivity index (χ3n) is 3.16. The second-order valence-electron chi connectivity index (χ2n) is 4.78. The normalized spacial score (nSPS) is 10.7. The van der Waals surface area contributed by atoms with Crippen LogP contribution in [-0.4, -0.2) is 30.8 Å². The maximum atomic E-state index is 13.0. The van der Waals surface area contributed by atoms with E-state index in [2.05, 4.69) is 10.5 Å². The first-order valence-corrected chi connectivity index (χ1v) is 7.21. The number of hydrogen-bond donors (Lipinski definition) is 1. The second-order valence-corrected chi connectivity index (χ2v) is 4.78. The van der Waals surface area contributed by atoms with E-state index < -0.39 is 0 Å². The Kier molecular flexibility index (Phi) is 5.66. The molecule has 0 aliphatic carbocycles. The molecule has 0 aliphatic heterocycles. The molecule has 5 nitrogen and oxygen atoms in total. The molecule has 0 spiro atoms. The van der Waals surface area contributed by atoms with Crippen LogP contribution in [-0.2, 0) is 4.74 Å². The fourth-order valence-corrected chi connectivity index (χ4v) is 2.05. The lowest BCUT2D eigenvalue weighted by Gasteiger charge is -2.06. The summed E-state index contributed by atoms with van der Waals surface area (Å²) in [4.78, 5) is 12.3. The van der Waals surface area contributed by atoms with Gasteiger partial charge in [-0.1, -0.05) is 5.16 Å². The lowest BCUT2D eigenvalue weighted by atomic mass is 10.1. The fraction of sp³-hybridized carbons (Fsp3) is 0.375. The van der Waals surface area contributed by atoms with Gasteiger partial charge in [-0.15, -0.1) is 0 Å². The minimum absolute atomic E-state index is 0.255. The van der Waals surface area contributed by atoms with Gasteiger partial charge in [-0.2, -0.15) is 0 Å². The average molecular weight is 306 g/mol. The molecule has 0 aliphatic rings. The zero-order valence-electron chi connectivity index (χ0n) is 12.7. The first kappa shape index (κ1) is 16.2. The van der Waals surface area contributed by atoms with Crippen LogP contribution in [0, 0.1) is 12.7 Å². The summed E-state index contributed by atoms with van der Waals surface area (Å²) < 4.78 is 23.3. The molecule has 2 rings (SSSR count). The molecule has 0 bridgehead atoms. The molecule has 6 heteroatoms. The number of nitrogens with zero attached hydrogens (tertiary/aromatic N) is 1. The molecule has 1 amide bonds. The van der Waals surface area contributed by atoms with Crippen molar-refractivity contribution in [3.05, 3.63) is 41.4 Å². The highest BCUT2D eigenvalue weighted by Gasteiger charge is 2.21. The van der Waals surface area contributed by atoms with E-state index in [-0.39, 0.29) is 11.7 Å². The molecule has 0 fully saturated rings. The highest BCUT2D eigenvalue weighted by atomic mass is 19.1. The van der Waals surface area contributed by atoms with E-state index in [1.807, 2.05) is 6.92 Å². The topological polar surface area (TPSA) is 64.4 Å². The molecule has 1 aromatic heterocycles. The summed E-state index contributed by atoms with van der Waals surface area (Å²) in [5.41, 5.74) is 1.43. The molecule has 0 saturated heterocycles. The van der Waals surface area contributed by atoms with Crippen LogP contribution in [0.4, 0.5) is 4.39 Å². The van der Waals surface area contributed by atoms with E-state index >= 15 is 0 Å². The Morgan fingerprint density at radius 1 is 1.36 bits per heavy atom. The molecule has 1 heterocycles. The van der Waals surface area contributed by atoms with Crippen molar-refractivity contribution >= 4 is 5.91 Å². The quantitative estimate of drug-likeness (QED) is 0.799. The van der Waals surface area contributed by atoms with Crippen molar-refractivity contribution in [3.63, 3.8) is 0 Å². The van der Waals surface area contributed by atoms with Gasteiger partial charge in [-0.25, -0.2) is 4.39 Å². The van der Waals surface area contributed by atoms with Gasteiger partial charge >= 0.3 is 0 Å². The maximum Gasteiger partial charge on any atom is 0.257 e. The SMILES string of the molecule is CCOCCCNC(=O)c1c(-c2ccc(F)cc2)noc1C. The van der Waals surface area contributed by atoms with Gasteiger partial charge < -0.3 is 14.6 Å². The molecule has 1 N–H and O–H groups in total. The minimum Gasteiger partial charge on any atom is -0.382 e. The Bertz CT molecular complexity index is 623. The Labute approximate surface area is 128 Å². The van der Waals surface area contributed by atoms with E-state index in [4.69, 9.17) is 9.26 Å². The Morgan fingerprint density at radius 3 is 2.77 bits per heavy atom. The zero-order chi connectivity index (χ0) is 15.9. The number of carbonyl (C=O) groups excluding carboxylic acids is 1. The van der Waals surface area contributed by atoms with Crippen molar-refractivity contribution in [1.82, 2.24) is 10.5 Å². The number of hydrogen-bond acceptors (Lipinski definition) is 4. The molecule has 0 saturated carbocycles. The Balaban J connectivity index is 2.08. The molecule has 118 valence electrons. The Morgan fingerprint density at radius 2 is 2.09 bits per heavy atom. The van der Waals surface area contributed by atoms with E-state index in [1.54, 1.807) is 19.1 Å². The van der Waals surface area contributed by atoms with Gasteiger partial charge in [0.25, 0.3) is 5.91 Å². The minimum atomic E-state index is -0.342. The Hall–Kier alpha value is -2.21. The highest BCUT2D eigenvalue weighted by molar-refractivity contribution is 6.00. The molecule has 1 aromatic carbocycles. The molecular weight excluding hydrogens is 287 g/mol. The van der Waals surface area contributed by atoms with E-state index in [0.29, 0.717) is 42.3 Å². The van der Waals surface area contributed by atoms with Gasteiger partial charge in [-0.05, 0) is 44.5 Å². The first-order valence-electron chi connectivity index (χ1n) is 7.21. The molecule has 0 atom stereocenters. The summed E-state index contributed by atoms with van der Waals surface area (Å²) in [6, 6.07) is 5.78. The molecule has 0 unspecified atom stereocenters. The molecular formula is C16H19FN2O3. The predicted molar refractivity (Wildman–Crippen MR) is 80.1 cm³/mol. The molecule has 0 radical (unpaired) electrons. The third kappa shape index (κ3) is 3.92. The van der Waals surface area contributed by atoms with Gasteiger partial charge in [0.15, 0.2) is 0 Å². The highest BCUT2D eigenvalue weighted by Crippen LogP contribution is 2.25. The molecule has 2 aromatic rings. The van der Waals surface area contributed by atoms with Crippen LogP contribution < -0.4 is 5.32 Å². The van der Waals surface area contributed by atoms with Crippen LogP contribution in [0.25, 0.3) is 11.3 Å². The number of amides is 1. The monoisotopic (exact) mass is 306 g/mol. The van der Waals surface area contributed by atoms with E-state index in [9.17, 15) is 9.18 Å². The lowest BCUT2D eigenvalue weighted by molar-refractivity contribution is 0.0943. The van der Waals surface area contributed by atoms with Crippen LogP contribution in [0.1, 0.15) is 29.5 Å². The summed E-state index contributed by atoms with van der Waals surface area (Å²) in [5, 5.41) is 6.72. The van der Waals surface area contributed by atoms with E-state index in [0.717, 1.165) is 6.42 Å². The van der Waals surface area contributed by atoms with Crippen molar-refractivity contribution in [2.24, 2.45) is 0 Å². The van der Waals surface area contributed by atoms with Gasteiger partial charge in [0, 0.05) is 25.3 Å². The van der Waals surface area contributed by atoms with Crippen LogP contribution in [0.2, 0.25) is 0 Å². The smallest absolute Gasteiger partial charge is 0.257 e. The third-order valence-corrected chi connectivity index (χ3v) is 3.16. The van der Waals surface area contributed by atoms with Crippen LogP contribution in [0.15, 0.2) is 28.8 Å². The zero-order valence-corrected chi connectivity index (χ0v) is 12.7. The van der Waals surface area contributed by atoms with Gasteiger partial charge in [-0.3, -0.25) is 4.79 Å². The van der Waals surface area contributed by atoms with Crippen LogP contribution >= 0.6 is 0 Å². The number of aryl methyl sites for hydroxylation is 1. The standard InChI is InChI=1S/C16H19FN2O3/c1-3-21-10-4-9-18-16(20)14-11(2)22-19-15(14)12-5-7-13(17)8-6-12/h5-8H,3-4,9-10H2,1-2H3,(H,18,20). The number of nitrogens with one attached hydrogen (secondary N) is 1. The fourth-order valence-electron chi connectivity index (χ4n) is 2.05. The van der Waals surface area contributed by atoms with Crippen molar-refractivity contribution < 1.29 is 18.4 Å². The summed E-state index contributed by atoms with van der Waals surface area (Å²) in [5.74, 6) is -0.165. The van der Waals surface area contributed by atoms with Gasteiger partial charge in [0.2, 0.25) is 0 Å². The first-order chi connectivity index (χ1) is 10.6. The largest absolute Gasteiger partial charge is 0.382 e. The van der Waals surface area contributed by atoms with Gasteiger partial charge in [0.05, 0.1) is 0 Å². The number of benzene rings is 1. The number of carbonyl (C=O) groups is 1. The predicted octanol–water partition coefficient (Wildman–Crippen LogP) is 2.95. The number of ether oxygens (including phenoxy) is 1. The summed E-state index contributed by atoms with van der Waals surface area (Å²) in [7, 11) is 0. The molecule has 22 heavy (non-hydrogen) atoms. The van der Waals surface area contributed by atoms with Crippen molar-refractivity contribution in [2.45, 2.75) is 20.3 Å². The van der Waals surface area contributed by atoms with Crippen LogP contribution in [0.3, 0.4) is 0 Å². The van der Waals surface area contributed by atoms with Crippen molar-refractivity contribution in [2.75, 3.05) is 19.8 Å². The summed E-state index contributed by atoms with van der Waals surface area (Å²) in [6.07, 6.45) is 0.732. The maximum absolute atomic E-state index is 13.0.